The van der Waals surface area contributed by atoms with Crippen molar-refractivity contribution in [2.45, 2.75) is 26.2 Å². The molecule has 0 amide bonds. The van der Waals surface area contributed by atoms with E-state index in [1.165, 1.54) is 6.08 Å². The van der Waals surface area contributed by atoms with Gasteiger partial charge in [-0.25, -0.2) is 4.79 Å². The molecule has 0 atom stereocenters. The number of esters is 1. The van der Waals surface area contributed by atoms with E-state index < -0.39 is 5.97 Å². The molecule has 0 aliphatic heterocycles. The first-order valence-corrected chi connectivity index (χ1v) is 9.54. The van der Waals surface area contributed by atoms with Gasteiger partial charge in [-0.2, -0.15) is 0 Å². The van der Waals surface area contributed by atoms with Crippen LogP contribution in [-0.4, -0.2) is 11.8 Å². The highest BCUT2D eigenvalue weighted by Gasteiger charge is 2.15. The van der Waals surface area contributed by atoms with Gasteiger partial charge in [-0.3, -0.25) is 4.79 Å². The van der Waals surface area contributed by atoms with Crippen molar-refractivity contribution in [3.63, 3.8) is 0 Å². The number of para-hydroxylation sites is 1. The van der Waals surface area contributed by atoms with Crippen LogP contribution in [0.25, 0.3) is 6.08 Å². The zero-order chi connectivity index (χ0) is 20.9. The van der Waals surface area contributed by atoms with E-state index in [1.54, 1.807) is 48.5 Å². The molecule has 3 aromatic rings. The van der Waals surface area contributed by atoms with E-state index in [1.807, 2.05) is 36.4 Å². The van der Waals surface area contributed by atoms with Crippen molar-refractivity contribution in [3.8, 4) is 5.75 Å². The van der Waals surface area contributed by atoms with Crippen molar-refractivity contribution < 1.29 is 14.3 Å². The van der Waals surface area contributed by atoms with Crippen molar-refractivity contribution in [1.29, 1.82) is 0 Å². The Hall–Kier alpha value is -3.46. The number of benzene rings is 3. The van der Waals surface area contributed by atoms with Crippen LogP contribution in [0.3, 0.4) is 0 Å². The minimum atomic E-state index is -0.430. The van der Waals surface area contributed by atoms with Crippen LogP contribution >= 0.6 is 0 Å². The summed E-state index contributed by atoms with van der Waals surface area (Å²) in [4.78, 5) is 24.9. The Morgan fingerprint density at radius 2 is 1.38 bits per heavy atom. The van der Waals surface area contributed by atoms with E-state index in [0.717, 1.165) is 5.56 Å². The number of rotatable bonds is 5. The average molecular weight is 384 g/mol. The minimum Gasteiger partial charge on any atom is -0.422 e. The summed E-state index contributed by atoms with van der Waals surface area (Å²) >= 11 is 0. The van der Waals surface area contributed by atoms with E-state index in [4.69, 9.17) is 4.74 Å². The monoisotopic (exact) mass is 384 g/mol. The van der Waals surface area contributed by atoms with Crippen LogP contribution in [0.4, 0.5) is 0 Å². The molecular weight excluding hydrogens is 360 g/mol. The Bertz CT molecular complexity index is 1020. The van der Waals surface area contributed by atoms with E-state index in [-0.39, 0.29) is 11.2 Å². The van der Waals surface area contributed by atoms with Gasteiger partial charge in [0.05, 0.1) is 5.56 Å². The van der Waals surface area contributed by atoms with E-state index in [0.29, 0.717) is 22.4 Å². The van der Waals surface area contributed by atoms with Gasteiger partial charge in [-0.1, -0.05) is 81.4 Å². The third kappa shape index (κ3) is 5.29. The number of allylic oxidation sites excluding steroid dienone is 1. The highest BCUT2D eigenvalue weighted by Crippen LogP contribution is 2.24. The Labute approximate surface area is 171 Å². The fourth-order valence-corrected chi connectivity index (χ4v) is 2.84. The topological polar surface area (TPSA) is 43.4 Å². The van der Waals surface area contributed by atoms with Gasteiger partial charge in [0, 0.05) is 11.1 Å². The second-order valence-corrected chi connectivity index (χ2v) is 7.82. The first kappa shape index (κ1) is 20.3. The van der Waals surface area contributed by atoms with Gasteiger partial charge in [0.2, 0.25) is 0 Å². The Kier molecular flexibility index (Phi) is 6.08. The molecule has 0 spiro atoms. The molecule has 0 radical (unpaired) electrons. The number of carbonyl (C=O) groups excluding carboxylic acids is 2. The maximum Gasteiger partial charge on any atom is 0.343 e. The molecule has 29 heavy (non-hydrogen) atoms. The zero-order valence-electron chi connectivity index (χ0n) is 16.9. The maximum atomic E-state index is 12.6. The largest absolute Gasteiger partial charge is 0.422 e. The van der Waals surface area contributed by atoms with Crippen molar-refractivity contribution in [3.05, 3.63) is 107 Å². The molecule has 0 heterocycles. The molecule has 0 bridgehead atoms. The number of ketones is 1. The molecule has 0 N–H and O–H groups in total. The summed E-state index contributed by atoms with van der Waals surface area (Å²) in [6, 6.07) is 23.6. The summed E-state index contributed by atoms with van der Waals surface area (Å²) in [5.41, 5.74) is 2.92. The quantitative estimate of drug-likeness (QED) is 0.231. The van der Waals surface area contributed by atoms with Crippen LogP contribution in [0.15, 0.2) is 84.9 Å². The Morgan fingerprint density at radius 1 is 0.759 bits per heavy atom. The molecule has 0 aliphatic carbocycles. The van der Waals surface area contributed by atoms with Crippen LogP contribution in [-0.2, 0) is 5.41 Å². The van der Waals surface area contributed by atoms with Crippen molar-refractivity contribution in [1.82, 2.24) is 0 Å². The third-order valence-corrected chi connectivity index (χ3v) is 4.58. The van der Waals surface area contributed by atoms with Crippen molar-refractivity contribution in [2.24, 2.45) is 0 Å². The summed E-state index contributed by atoms with van der Waals surface area (Å²) < 4.78 is 5.59. The van der Waals surface area contributed by atoms with Crippen LogP contribution < -0.4 is 4.74 Å². The lowest BCUT2D eigenvalue weighted by Gasteiger charge is -2.19. The predicted octanol–water partition coefficient (Wildman–Crippen LogP) is 6.10. The molecule has 0 saturated carbocycles. The summed E-state index contributed by atoms with van der Waals surface area (Å²) in [7, 11) is 0. The lowest BCUT2D eigenvalue weighted by Crippen LogP contribution is -2.13. The summed E-state index contributed by atoms with van der Waals surface area (Å²) in [6.07, 6.45) is 3.15. The molecule has 3 aromatic carbocycles. The van der Waals surface area contributed by atoms with Gasteiger partial charge in [-0.05, 0) is 41.3 Å². The predicted molar refractivity (Wildman–Crippen MR) is 116 cm³/mol. The molecule has 0 fully saturated rings. The lowest BCUT2D eigenvalue weighted by molar-refractivity contribution is 0.0734. The summed E-state index contributed by atoms with van der Waals surface area (Å²) in [5, 5.41) is 0. The van der Waals surface area contributed by atoms with Gasteiger partial charge >= 0.3 is 5.97 Å². The number of hydrogen-bond donors (Lipinski definition) is 0. The van der Waals surface area contributed by atoms with Crippen LogP contribution in [0.5, 0.6) is 5.75 Å². The molecule has 0 unspecified atom stereocenters. The van der Waals surface area contributed by atoms with Gasteiger partial charge in [0.25, 0.3) is 0 Å². The maximum absolute atomic E-state index is 12.6. The van der Waals surface area contributed by atoms with Crippen LogP contribution in [0, 0.1) is 0 Å². The average Bonchev–Trinajstić information content (AvgIpc) is 2.73. The highest BCUT2D eigenvalue weighted by atomic mass is 16.5. The first-order chi connectivity index (χ1) is 13.8. The van der Waals surface area contributed by atoms with Gasteiger partial charge < -0.3 is 4.74 Å². The molecule has 3 heteroatoms. The normalized spacial score (nSPS) is 11.4. The lowest BCUT2D eigenvalue weighted by atomic mass is 9.87. The first-order valence-electron chi connectivity index (χ1n) is 9.54. The van der Waals surface area contributed by atoms with Crippen molar-refractivity contribution in [2.75, 3.05) is 0 Å². The standard InChI is InChI=1S/C26H24O3/c1-26(2,3)22-16-13-21(14-17-22)25(28)29-24-12-8-7-11-20(24)15-18-23(27)19-9-5-4-6-10-19/h4-18H,1-3H3. The molecule has 3 rings (SSSR count). The second kappa shape index (κ2) is 8.70. The summed E-state index contributed by atoms with van der Waals surface area (Å²) in [5.74, 6) is -0.125. The molecule has 0 aromatic heterocycles. The van der Waals surface area contributed by atoms with E-state index in [9.17, 15) is 9.59 Å². The fraction of sp³-hybridized carbons (Fsp3) is 0.154. The Balaban J connectivity index is 1.76. The fourth-order valence-electron chi connectivity index (χ4n) is 2.84. The minimum absolute atomic E-state index is 0.0190. The molecule has 0 aliphatic rings. The molecular formula is C26H24O3. The van der Waals surface area contributed by atoms with E-state index in [2.05, 4.69) is 20.8 Å². The number of ether oxygens (including phenoxy) is 1. The van der Waals surface area contributed by atoms with Crippen LogP contribution in [0.1, 0.15) is 52.6 Å². The van der Waals surface area contributed by atoms with Crippen LogP contribution in [0.2, 0.25) is 0 Å². The summed E-state index contributed by atoms with van der Waals surface area (Å²) in [6.45, 7) is 6.37. The molecule has 0 saturated heterocycles. The Morgan fingerprint density at radius 3 is 2.03 bits per heavy atom. The van der Waals surface area contributed by atoms with Gasteiger partial charge in [-0.15, -0.1) is 0 Å². The zero-order valence-corrected chi connectivity index (χ0v) is 16.9. The SMILES string of the molecule is CC(C)(C)c1ccc(C(=O)Oc2ccccc2C=CC(=O)c2ccccc2)cc1. The number of hydrogen-bond acceptors (Lipinski definition) is 3. The van der Waals surface area contributed by atoms with Gasteiger partial charge in [0.1, 0.15) is 5.75 Å². The second-order valence-electron chi connectivity index (χ2n) is 7.82. The smallest absolute Gasteiger partial charge is 0.343 e. The molecule has 146 valence electrons. The third-order valence-electron chi connectivity index (χ3n) is 4.58. The van der Waals surface area contributed by atoms with E-state index >= 15 is 0 Å². The highest BCUT2D eigenvalue weighted by molar-refractivity contribution is 6.07. The van der Waals surface area contributed by atoms with Gasteiger partial charge in [0.15, 0.2) is 5.78 Å². The number of carbonyl (C=O) groups is 2. The molecule has 3 nitrogen and oxygen atoms in total. The van der Waals surface area contributed by atoms with Crippen molar-refractivity contribution >= 4 is 17.8 Å².